The zero-order valence-electron chi connectivity index (χ0n) is 13.0. The number of nitrogens with one attached hydrogen (secondary N) is 1. The molecule has 2 aliphatic heterocycles. The van der Waals surface area contributed by atoms with Crippen LogP contribution >= 0.6 is 0 Å². The number of anilines is 1. The highest BCUT2D eigenvalue weighted by atomic mass is 19.4. The first-order valence-electron chi connectivity index (χ1n) is 7.51. The van der Waals surface area contributed by atoms with Crippen LogP contribution in [-0.4, -0.2) is 49.4 Å². The number of halogens is 6. The topological polar surface area (TPSA) is 63.7 Å². The second kappa shape index (κ2) is 6.49. The van der Waals surface area contributed by atoms with Gasteiger partial charge >= 0.3 is 18.5 Å². The van der Waals surface area contributed by atoms with Crippen LogP contribution in [0.25, 0.3) is 0 Å². The van der Waals surface area contributed by atoms with E-state index in [1.807, 2.05) is 0 Å². The number of alkyl halides is 6. The van der Waals surface area contributed by atoms with Crippen molar-refractivity contribution in [3.8, 4) is 5.75 Å². The molecule has 1 aromatic heterocycles. The fourth-order valence-corrected chi connectivity index (χ4v) is 3.13. The summed E-state index contributed by atoms with van der Waals surface area (Å²) in [4.78, 5) is 16.6. The quantitative estimate of drug-likeness (QED) is 0.635. The molecule has 0 bridgehead atoms. The summed E-state index contributed by atoms with van der Waals surface area (Å²) >= 11 is 0. The van der Waals surface area contributed by atoms with E-state index in [0.29, 0.717) is 18.9 Å². The van der Waals surface area contributed by atoms with Crippen LogP contribution < -0.4 is 15.0 Å². The molecule has 0 radical (unpaired) electrons. The molecule has 2 fully saturated rings. The van der Waals surface area contributed by atoms with Gasteiger partial charge in [0.15, 0.2) is 6.23 Å². The molecule has 0 saturated carbocycles. The molecule has 0 aliphatic carbocycles. The molecule has 1 N–H and O–H groups in total. The van der Waals surface area contributed by atoms with Gasteiger partial charge in [0.25, 0.3) is 0 Å². The lowest BCUT2D eigenvalue weighted by atomic mass is 9.99. The van der Waals surface area contributed by atoms with Gasteiger partial charge in [-0.15, -0.1) is 13.2 Å². The van der Waals surface area contributed by atoms with Crippen LogP contribution in [0.3, 0.4) is 0 Å². The minimum Gasteiger partial charge on any atom is -0.440 e. The van der Waals surface area contributed by atoms with Gasteiger partial charge in [-0.25, -0.2) is 9.78 Å². The lowest BCUT2D eigenvalue weighted by Gasteiger charge is -2.22. The van der Waals surface area contributed by atoms with Gasteiger partial charge in [-0.1, -0.05) is 0 Å². The van der Waals surface area contributed by atoms with Gasteiger partial charge in [0, 0.05) is 25.6 Å². The average Bonchev–Trinajstić information content (AvgIpc) is 3.07. The number of esters is 1. The van der Waals surface area contributed by atoms with Crippen LogP contribution in [0.4, 0.5) is 32.2 Å². The molecule has 3 heterocycles. The molecule has 1 unspecified atom stereocenters. The number of ether oxygens (including phenoxy) is 2. The third kappa shape index (κ3) is 4.11. The number of aromatic nitrogens is 1. The molecule has 26 heavy (non-hydrogen) atoms. The van der Waals surface area contributed by atoms with Crippen molar-refractivity contribution in [3.05, 3.63) is 18.3 Å². The number of hydrogen-bond acceptors (Lipinski definition) is 6. The van der Waals surface area contributed by atoms with E-state index >= 15 is 0 Å². The van der Waals surface area contributed by atoms with Crippen molar-refractivity contribution < 1.29 is 40.6 Å². The van der Waals surface area contributed by atoms with E-state index in [2.05, 4.69) is 19.8 Å². The van der Waals surface area contributed by atoms with Crippen LogP contribution in [0.5, 0.6) is 5.75 Å². The molecule has 144 valence electrons. The highest BCUT2D eigenvalue weighted by molar-refractivity contribution is 5.75. The van der Waals surface area contributed by atoms with Crippen LogP contribution in [-0.2, 0) is 9.53 Å². The highest BCUT2D eigenvalue weighted by Gasteiger charge is 2.49. The van der Waals surface area contributed by atoms with Crippen molar-refractivity contribution >= 4 is 11.8 Å². The summed E-state index contributed by atoms with van der Waals surface area (Å²) < 4.78 is 81.6. The number of carbonyl (C=O) groups excluding carboxylic acids is 1. The van der Waals surface area contributed by atoms with Crippen LogP contribution in [0.15, 0.2) is 18.3 Å². The van der Waals surface area contributed by atoms with E-state index in [1.54, 1.807) is 4.90 Å². The monoisotopic (exact) mass is 385 g/mol. The molecule has 3 rings (SSSR count). The lowest BCUT2D eigenvalue weighted by molar-refractivity contribution is -0.274. The predicted octanol–water partition coefficient (Wildman–Crippen LogP) is 2.07. The fraction of sp³-hybridized carbons (Fsp3) is 0.571. The molecule has 0 spiro atoms. The van der Waals surface area contributed by atoms with E-state index in [-0.39, 0.29) is 18.4 Å². The molecule has 6 nitrogen and oxygen atoms in total. The Labute approximate surface area is 143 Å². The van der Waals surface area contributed by atoms with Gasteiger partial charge < -0.3 is 14.4 Å². The van der Waals surface area contributed by atoms with Gasteiger partial charge in [0.2, 0.25) is 0 Å². The van der Waals surface area contributed by atoms with E-state index < -0.39 is 30.5 Å². The van der Waals surface area contributed by atoms with Gasteiger partial charge in [-0.2, -0.15) is 13.2 Å². The Morgan fingerprint density at radius 2 is 1.92 bits per heavy atom. The third-order valence-corrected chi connectivity index (χ3v) is 4.21. The first kappa shape index (κ1) is 18.5. The molecular weight excluding hydrogens is 372 g/mol. The Balaban J connectivity index is 1.62. The third-order valence-electron chi connectivity index (χ3n) is 4.21. The maximum atomic E-state index is 12.3. The molecule has 0 aromatic carbocycles. The minimum atomic E-state index is -5.08. The van der Waals surface area contributed by atoms with Crippen molar-refractivity contribution in [3.63, 3.8) is 0 Å². The van der Waals surface area contributed by atoms with Crippen molar-refractivity contribution in [2.75, 3.05) is 24.5 Å². The Morgan fingerprint density at radius 1 is 1.19 bits per heavy atom. The molecule has 12 heteroatoms. The van der Waals surface area contributed by atoms with E-state index in [1.165, 1.54) is 6.07 Å². The van der Waals surface area contributed by atoms with E-state index in [9.17, 15) is 31.1 Å². The minimum absolute atomic E-state index is 0.0751. The number of fused-ring (bicyclic) bond motifs is 1. The summed E-state index contributed by atoms with van der Waals surface area (Å²) in [7, 11) is 0. The largest absolute Gasteiger partial charge is 0.573 e. The second-order valence-corrected chi connectivity index (χ2v) is 5.96. The number of carbonyl (C=O) groups is 1. The van der Waals surface area contributed by atoms with Crippen molar-refractivity contribution in [1.29, 1.82) is 0 Å². The van der Waals surface area contributed by atoms with Crippen LogP contribution in [0, 0.1) is 11.8 Å². The van der Waals surface area contributed by atoms with Crippen molar-refractivity contribution in [2.24, 2.45) is 11.8 Å². The Kier molecular flexibility index (Phi) is 4.63. The molecule has 1 aromatic rings. The summed E-state index contributed by atoms with van der Waals surface area (Å²) in [5.41, 5.74) is 0. The predicted molar refractivity (Wildman–Crippen MR) is 74.1 cm³/mol. The average molecular weight is 385 g/mol. The normalized spacial score (nSPS) is 25.9. The summed E-state index contributed by atoms with van der Waals surface area (Å²) in [6, 6.07) is 2.43. The van der Waals surface area contributed by atoms with Crippen molar-refractivity contribution in [1.82, 2.24) is 10.3 Å². The molecule has 2 aliphatic rings. The highest BCUT2D eigenvalue weighted by Crippen LogP contribution is 2.35. The summed E-state index contributed by atoms with van der Waals surface area (Å²) in [6.45, 7) is 1.02. The van der Waals surface area contributed by atoms with Gasteiger partial charge in [-0.3, -0.25) is 5.32 Å². The fourth-order valence-electron chi connectivity index (χ4n) is 3.13. The molecule has 0 amide bonds. The zero-order chi connectivity index (χ0) is 19.1. The first-order valence-corrected chi connectivity index (χ1v) is 7.51. The Bertz CT molecular complexity index is 663. The first-order chi connectivity index (χ1) is 12.0. The molecular formula is C14H13F6N3O3. The van der Waals surface area contributed by atoms with Gasteiger partial charge in [0.1, 0.15) is 11.6 Å². The van der Waals surface area contributed by atoms with E-state index in [0.717, 1.165) is 12.3 Å². The summed E-state index contributed by atoms with van der Waals surface area (Å²) in [5, 5.41) is 2.73. The van der Waals surface area contributed by atoms with Crippen LogP contribution in [0.2, 0.25) is 0 Å². The van der Waals surface area contributed by atoms with Crippen molar-refractivity contribution in [2.45, 2.75) is 18.8 Å². The number of rotatable bonds is 3. The number of hydrogen-bond donors (Lipinski definition) is 1. The van der Waals surface area contributed by atoms with Crippen LogP contribution in [0.1, 0.15) is 0 Å². The standard InChI is InChI=1S/C14H13F6N3O3/c15-13(16,17)12(24)25-11-9-6-23(5-7(9)3-22-11)10-2-1-8(4-21-10)26-14(18,19)20/h1-2,4,7,9,11,22H,3,5-6H2/t7-,9+,11?/m0/s1. The SMILES string of the molecule is O=C(OC1NC[C@H]2CN(c3ccc(OC(F)(F)F)cn3)C[C@@H]12)C(F)(F)F. The molecule has 3 atom stereocenters. The Morgan fingerprint density at radius 3 is 2.50 bits per heavy atom. The summed E-state index contributed by atoms with van der Waals surface area (Å²) in [5.74, 6) is -2.84. The number of pyridine rings is 1. The second-order valence-electron chi connectivity index (χ2n) is 5.96. The Hall–Kier alpha value is -2.24. The smallest absolute Gasteiger partial charge is 0.440 e. The zero-order valence-corrected chi connectivity index (χ0v) is 13.0. The maximum absolute atomic E-state index is 12.3. The lowest BCUT2D eigenvalue weighted by Crippen LogP contribution is -2.40. The molecule has 2 saturated heterocycles. The number of nitrogens with zero attached hydrogens (tertiary/aromatic N) is 2. The summed E-state index contributed by atoms with van der Waals surface area (Å²) in [6.07, 6.45) is -10.1. The maximum Gasteiger partial charge on any atom is 0.573 e. The van der Waals surface area contributed by atoms with Gasteiger partial charge in [-0.05, 0) is 18.1 Å². The van der Waals surface area contributed by atoms with E-state index in [4.69, 9.17) is 0 Å². The van der Waals surface area contributed by atoms with Gasteiger partial charge in [0.05, 0.1) is 6.20 Å².